The van der Waals surface area contributed by atoms with Gasteiger partial charge in [0.1, 0.15) is 12.3 Å². The lowest BCUT2D eigenvalue weighted by atomic mass is 10.1. The number of fused-ring (bicyclic) bond motifs is 1. The number of carbonyl (C=O) groups excluding carboxylic acids is 3. The monoisotopic (exact) mass is 310 g/mol. The average Bonchev–Trinajstić information content (AvgIpc) is 2.80. The van der Waals surface area contributed by atoms with Gasteiger partial charge in [-0.05, 0) is 36.4 Å². The molecule has 0 unspecified atom stereocenters. The van der Waals surface area contributed by atoms with Crippen LogP contribution in [0, 0.1) is 0 Å². The van der Waals surface area contributed by atoms with Gasteiger partial charge in [0.05, 0.1) is 11.1 Å². The second-order valence-electron chi connectivity index (χ2n) is 5.21. The molecule has 0 saturated heterocycles. The number of hydrogen-bond donors (Lipinski definition) is 1. The second-order valence-corrected chi connectivity index (χ2v) is 5.21. The van der Waals surface area contributed by atoms with Crippen LogP contribution in [0.2, 0.25) is 0 Å². The third kappa shape index (κ3) is 2.55. The summed E-state index contributed by atoms with van der Waals surface area (Å²) in [6.45, 7) is -0.330. The van der Waals surface area contributed by atoms with E-state index in [2.05, 4.69) is 0 Å². The number of carbonyl (C=O) groups is 3. The van der Waals surface area contributed by atoms with E-state index in [-0.39, 0.29) is 12.3 Å². The molecule has 1 aliphatic rings. The van der Waals surface area contributed by atoms with E-state index >= 15 is 0 Å². The number of anilines is 1. The van der Waals surface area contributed by atoms with Gasteiger partial charge in [-0.15, -0.1) is 0 Å². The molecule has 23 heavy (non-hydrogen) atoms. The third-order valence-corrected chi connectivity index (χ3v) is 3.78. The van der Waals surface area contributed by atoms with Gasteiger partial charge in [0.25, 0.3) is 11.8 Å². The van der Waals surface area contributed by atoms with Gasteiger partial charge in [0.2, 0.25) is 5.91 Å². The smallest absolute Gasteiger partial charge is 0.262 e. The molecule has 0 saturated carbocycles. The van der Waals surface area contributed by atoms with E-state index in [0.717, 1.165) is 4.90 Å². The van der Waals surface area contributed by atoms with Crippen LogP contribution in [0.5, 0.6) is 5.75 Å². The van der Waals surface area contributed by atoms with E-state index in [1.54, 1.807) is 43.4 Å². The van der Waals surface area contributed by atoms with E-state index in [9.17, 15) is 19.5 Å². The third-order valence-electron chi connectivity index (χ3n) is 3.78. The molecule has 116 valence electrons. The van der Waals surface area contributed by atoms with Crippen LogP contribution in [0.25, 0.3) is 0 Å². The predicted molar refractivity (Wildman–Crippen MR) is 83.3 cm³/mol. The highest BCUT2D eigenvalue weighted by Gasteiger charge is 2.36. The minimum absolute atomic E-state index is 0.0925. The Morgan fingerprint density at radius 2 is 1.52 bits per heavy atom. The highest BCUT2D eigenvalue weighted by Crippen LogP contribution is 2.23. The molecule has 0 bridgehead atoms. The Morgan fingerprint density at radius 1 is 1.00 bits per heavy atom. The van der Waals surface area contributed by atoms with Gasteiger partial charge in [-0.25, -0.2) is 0 Å². The van der Waals surface area contributed by atoms with Gasteiger partial charge >= 0.3 is 0 Å². The standard InChI is InChI=1S/C17H14N2O4/c1-18(11-6-8-12(20)9-7-11)15(21)10-19-16(22)13-4-2-3-5-14(13)17(19)23/h2-9,20H,10H2,1H3. The maximum atomic E-state index is 12.3. The molecule has 0 atom stereocenters. The van der Waals surface area contributed by atoms with Gasteiger partial charge < -0.3 is 10.0 Å². The van der Waals surface area contributed by atoms with Gasteiger partial charge in [-0.2, -0.15) is 0 Å². The second kappa shape index (κ2) is 5.57. The molecule has 3 amide bonds. The Bertz CT molecular complexity index is 763. The Hall–Kier alpha value is -3.15. The maximum absolute atomic E-state index is 12.3. The van der Waals surface area contributed by atoms with Gasteiger partial charge in [0, 0.05) is 12.7 Å². The molecule has 3 rings (SSSR count). The maximum Gasteiger partial charge on any atom is 0.262 e. The normalized spacial score (nSPS) is 13.2. The van der Waals surface area contributed by atoms with Crippen LogP contribution in [0.1, 0.15) is 20.7 Å². The largest absolute Gasteiger partial charge is 0.508 e. The van der Waals surface area contributed by atoms with Crippen LogP contribution in [-0.2, 0) is 4.79 Å². The lowest BCUT2D eigenvalue weighted by Crippen LogP contribution is -2.41. The molecule has 2 aromatic rings. The van der Waals surface area contributed by atoms with Crippen molar-refractivity contribution in [3.8, 4) is 5.75 Å². The van der Waals surface area contributed by atoms with Crippen molar-refractivity contribution >= 4 is 23.4 Å². The molecule has 0 spiro atoms. The molecule has 0 fully saturated rings. The summed E-state index contributed by atoms with van der Waals surface area (Å²) in [6.07, 6.45) is 0. The molecule has 1 N–H and O–H groups in total. The zero-order valence-electron chi connectivity index (χ0n) is 12.4. The highest BCUT2D eigenvalue weighted by molar-refractivity contribution is 6.22. The van der Waals surface area contributed by atoms with Crippen LogP contribution >= 0.6 is 0 Å². The molecule has 0 radical (unpaired) electrons. The zero-order valence-corrected chi connectivity index (χ0v) is 12.4. The Labute approximate surface area is 132 Å². The number of phenolic OH excluding ortho intramolecular Hbond substituents is 1. The Morgan fingerprint density at radius 3 is 2.04 bits per heavy atom. The van der Waals surface area contributed by atoms with Crippen molar-refractivity contribution < 1.29 is 19.5 Å². The summed E-state index contributed by atoms with van der Waals surface area (Å²) in [6, 6.07) is 12.6. The van der Waals surface area contributed by atoms with E-state index in [1.165, 1.54) is 17.0 Å². The molecule has 0 aliphatic carbocycles. The summed E-state index contributed by atoms with van der Waals surface area (Å²) in [7, 11) is 1.55. The summed E-state index contributed by atoms with van der Waals surface area (Å²) in [5.41, 5.74) is 1.19. The number of benzene rings is 2. The van der Waals surface area contributed by atoms with Gasteiger partial charge in [0.15, 0.2) is 0 Å². The van der Waals surface area contributed by atoms with Crippen LogP contribution in [0.4, 0.5) is 5.69 Å². The first kappa shape index (κ1) is 14.8. The minimum Gasteiger partial charge on any atom is -0.508 e. The SMILES string of the molecule is CN(C(=O)CN1C(=O)c2ccccc2C1=O)c1ccc(O)cc1. The summed E-state index contributed by atoms with van der Waals surface area (Å²) in [5, 5.41) is 9.28. The fourth-order valence-corrected chi connectivity index (χ4v) is 2.44. The number of amides is 3. The fourth-order valence-electron chi connectivity index (χ4n) is 2.44. The Kier molecular flexibility index (Phi) is 3.57. The Balaban J connectivity index is 1.77. The summed E-state index contributed by atoms with van der Waals surface area (Å²) in [4.78, 5) is 39.1. The van der Waals surface area contributed by atoms with Crippen molar-refractivity contribution in [1.29, 1.82) is 0 Å². The van der Waals surface area contributed by atoms with Crippen molar-refractivity contribution in [3.05, 3.63) is 59.7 Å². The molecule has 1 heterocycles. The molecule has 6 heteroatoms. The topological polar surface area (TPSA) is 77.9 Å². The van der Waals surface area contributed by atoms with Gasteiger partial charge in [-0.1, -0.05) is 12.1 Å². The minimum atomic E-state index is -0.460. The van der Waals surface area contributed by atoms with Crippen LogP contribution in [0.3, 0.4) is 0 Å². The number of imide groups is 1. The van der Waals surface area contributed by atoms with E-state index in [0.29, 0.717) is 16.8 Å². The molecule has 0 aromatic heterocycles. The molecule has 1 aliphatic heterocycles. The van der Waals surface area contributed by atoms with E-state index in [4.69, 9.17) is 0 Å². The summed E-state index contributed by atoms with van der Waals surface area (Å²) >= 11 is 0. The van der Waals surface area contributed by atoms with Crippen molar-refractivity contribution in [3.63, 3.8) is 0 Å². The number of hydrogen-bond acceptors (Lipinski definition) is 4. The first-order chi connectivity index (χ1) is 11.0. The molecular formula is C17H14N2O4. The van der Waals surface area contributed by atoms with Crippen molar-refractivity contribution in [2.45, 2.75) is 0 Å². The van der Waals surface area contributed by atoms with Gasteiger partial charge in [-0.3, -0.25) is 19.3 Å². The molecule has 2 aromatic carbocycles. The van der Waals surface area contributed by atoms with E-state index < -0.39 is 17.7 Å². The summed E-state index contributed by atoms with van der Waals surface area (Å²) < 4.78 is 0. The van der Waals surface area contributed by atoms with E-state index in [1.807, 2.05) is 0 Å². The zero-order chi connectivity index (χ0) is 16.6. The fraction of sp³-hybridized carbons (Fsp3) is 0.118. The van der Waals surface area contributed by atoms with Crippen LogP contribution in [-0.4, -0.2) is 41.3 Å². The number of phenols is 1. The summed E-state index contributed by atoms with van der Waals surface area (Å²) in [5.74, 6) is -1.23. The number of nitrogens with zero attached hydrogens (tertiary/aromatic N) is 2. The van der Waals surface area contributed by atoms with Crippen molar-refractivity contribution in [1.82, 2.24) is 4.90 Å². The predicted octanol–water partition coefficient (Wildman–Crippen LogP) is 1.65. The van der Waals surface area contributed by atoms with Crippen molar-refractivity contribution in [2.24, 2.45) is 0 Å². The van der Waals surface area contributed by atoms with Crippen LogP contribution < -0.4 is 4.90 Å². The number of likely N-dealkylation sites (N-methyl/N-ethyl adjacent to an activating group) is 1. The quantitative estimate of drug-likeness (QED) is 0.874. The number of aromatic hydroxyl groups is 1. The van der Waals surface area contributed by atoms with Crippen LogP contribution in [0.15, 0.2) is 48.5 Å². The molecular weight excluding hydrogens is 296 g/mol. The lowest BCUT2D eigenvalue weighted by molar-refractivity contribution is -0.118. The lowest BCUT2D eigenvalue weighted by Gasteiger charge is -2.20. The number of rotatable bonds is 3. The first-order valence-electron chi connectivity index (χ1n) is 7.00. The first-order valence-corrected chi connectivity index (χ1v) is 7.00. The van der Waals surface area contributed by atoms with Crippen molar-refractivity contribution in [2.75, 3.05) is 18.5 Å². The molecule has 6 nitrogen and oxygen atoms in total. The highest BCUT2D eigenvalue weighted by atomic mass is 16.3. The average molecular weight is 310 g/mol.